The van der Waals surface area contributed by atoms with Gasteiger partial charge in [-0.1, -0.05) is 18.2 Å². The molecule has 1 saturated heterocycles. The van der Waals surface area contributed by atoms with Crippen LogP contribution >= 0.6 is 0 Å². The number of nitrogens with zero attached hydrogens (tertiary/aromatic N) is 4. The van der Waals surface area contributed by atoms with Gasteiger partial charge >= 0.3 is 0 Å². The van der Waals surface area contributed by atoms with E-state index in [1.165, 1.54) is 11.0 Å². The predicted molar refractivity (Wildman–Crippen MR) is 115 cm³/mol. The number of nitriles is 1. The van der Waals surface area contributed by atoms with Crippen molar-refractivity contribution in [3.05, 3.63) is 69.6 Å². The fourth-order valence-corrected chi connectivity index (χ4v) is 4.62. The smallest absolute Gasteiger partial charge is 0.290 e. The lowest BCUT2D eigenvalue weighted by Gasteiger charge is -2.46. The maximum absolute atomic E-state index is 13.2. The summed E-state index contributed by atoms with van der Waals surface area (Å²) in [6.07, 6.45) is 0.747. The molecule has 1 aromatic carbocycles. The van der Waals surface area contributed by atoms with Crippen LogP contribution in [-0.4, -0.2) is 64.9 Å². The number of benzene rings is 1. The number of likely N-dealkylation sites (N-methyl/N-ethyl adjacent to an activating group) is 1. The van der Waals surface area contributed by atoms with Gasteiger partial charge in [-0.15, -0.1) is 0 Å². The van der Waals surface area contributed by atoms with Crippen LogP contribution in [0.15, 0.2) is 47.3 Å². The van der Waals surface area contributed by atoms with Crippen molar-refractivity contribution in [2.75, 3.05) is 27.2 Å². The fourth-order valence-electron chi connectivity index (χ4n) is 4.62. The van der Waals surface area contributed by atoms with Crippen LogP contribution < -0.4 is 5.56 Å². The molecule has 4 rings (SSSR count). The maximum atomic E-state index is 13.2. The molecule has 0 spiro atoms. The van der Waals surface area contributed by atoms with Crippen LogP contribution in [0.5, 0.6) is 0 Å². The second kappa shape index (κ2) is 9.47. The standard InChI is InChI=1S/C22H22N4O3.CH2O2/c1-24(2)22(29)20-16-10-15(18-8-5-9-19(27)26(18)20)12-25(13-16)21(28)17-7-4-3-6-14(17)11-23;2-1-3/h3-9,15-16,20H,10,12-13H2,1-2H3;1H,(H,2,3)/t15-,16+,20-;/m1./s1. The molecule has 32 heavy (non-hydrogen) atoms. The third-order valence-corrected chi connectivity index (χ3v) is 5.91. The first-order valence-corrected chi connectivity index (χ1v) is 10.1. The van der Waals surface area contributed by atoms with E-state index in [-0.39, 0.29) is 35.7 Å². The van der Waals surface area contributed by atoms with Gasteiger partial charge in [-0.05, 0) is 24.6 Å². The predicted octanol–water partition coefficient (Wildman–Crippen LogP) is 1.31. The Morgan fingerprint density at radius 2 is 1.84 bits per heavy atom. The molecule has 2 bridgehead atoms. The molecule has 2 aliphatic rings. The summed E-state index contributed by atoms with van der Waals surface area (Å²) in [4.78, 5) is 50.4. The van der Waals surface area contributed by atoms with Crippen LogP contribution in [0, 0.1) is 17.2 Å². The Kier molecular flexibility index (Phi) is 6.73. The zero-order valence-electron chi connectivity index (χ0n) is 17.8. The summed E-state index contributed by atoms with van der Waals surface area (Å²) in [5.41, 5.74) is 1.31. The molecular formula is C23H24N4O5. The van der Waals surface area contributed by atoms with Crippen molar-refractivity contribution in [1.82, 2.24) is 14.4 Å². The highest BCUT2D eigenvalue weighted by atomic mass is 16.3. The summed E-state index contributed by atoms with van der Waals surface area (Å²) < 4.78 is 1.62. The van der Waals surface area contributed by atoms with E-state index in [4.69, 9.17) is 9.90 Å². The van der Waals surface area contributed by atoms with E-state index >= 15 is 0 Å². The van der Waals surface area contributed by atoms with Crippen molar-refractivity contribution in [2.45, 2.75) is 18.4 Å². The Labute approximate surface area is 185 Å². The van der Waals surface area contributed by atoms with Crippen LogP contribution in [0.1, 0.15) is 40.0 Å². The summed E-state index contributed by atoms with van der Waals surface area (Å²) in [5.74, 6) is -0.532. The lowest BCUT2D eigenvalue weighted by molar-refractivity contribution is -0.135. The number of hydrogen-bond acceptors (Lipinski definition) is 5. The molecule has 9 nitrogen and oxygen atoms in total. The molecule has 1 fully saturated rings. The molecule has 0 radical (unpaired) electrons. The third-order valence-electron chi connectivity index (χ3n) is 5.91. The summed E-state index contributed by atoms with van der Waals surface area (Å²) in [5, 5.41) is 16.2. The Hall–Kier alpha value is -3.93. The Morgan fingerprint density at radius 3 is 2.50 bits per heavy atom. The number of carbonyl (C=O) groups is 3. The number of fused-ring (bicyclic) bond motifs is 4. The minimum atomic E-state index is -0.633. The highest BCUT2D eigenvalue weighted by molar-refractivity contribution is 5.96. The number of aromatic nitrogens is 1. The molecule has 2 aliphatic heterocycles. The van der Waals surface area contributed by atoms with Gasteiger partial charge in [-0.2, -0.15) is 5.26 Å². The molecule has 1 aromatic heterocycles. The summed E-state index contributed by atoms with van der Waals surface area (Å²) in [6, 6.07) is 13.3. The van der Waals surface area contributed by atoms with Gasteiger partial charge in [0.2, 0.25) is 5.91 Å². The van der Waals surface area contributed by atoms with Gasteiger partial charge in [0.25, 0.3) is 17.9 Å². The SMILES string of the molecule is CN(C)C(=O)[C@H]1[C@H]2C[C@H](CN(C(=O)c3ccccc3C#N)C2)c2cccc(=O)n21.O=CO. The zero-order chi connectivity index (χ0) is 23.4. The average Bonchev–Trinajstić information content (AvgIpc) is 2.79. The van der Waals surface area contributed by atoms with Crippen molar-refractivity contribution in [3.8, 4) is 6.07 Å². The maximum Gasteiger partial charge on any atom is 0.290 e. The first-order chi connectivity index (χ1) is 15.3. The Balaban J connectivity index is 0.000000913. The van der Waals surface area contributed by atoms with E-state index in [1.54, 1.807) is 53.9 Å². The van der Waals surface area contributed by atoms with Crippen molar-refractivity contribution in [2.24, 2.45) is 5.92 Å². The van der Waals surface area contributed by atoms with Gasteiger partial charge in [0.15, 0.2) is 0 Å². The highest BCUT2D eigenvalue weighted by Crippen LogP contribution is 2.42. The number of piperidine rings is 1. The van der Waals surface area contributed by atoms with E-state index in [9.17, 15) is 19.6 Å². The summed E-state index contributed by atoms with van der Waals surface area (Å²) in [7, 11) is 3.36. The minimum absolute atomic E-state index is 0.0212. The fraction of sp³-hybridized carbons (Fsp3) is 0.348. The molecule has 1 N–H and O–H groups in total. The molecule has 3 heterocycles. The van der Waals surface area contributed by atoms with Gasteiger partial charge in [0, 0.05) is 50.8 Å². The average molecular weight is 436 g/mol. The van der Waals surface area contributed by atoms with Gasteiger partial charge in [-0.25, -0.2) is 0 Å². The second-order valence-corrected chi connectivity index (χ2v) is 8.00. The summed E-state index contributed by atoms with van der Waals surface area (Å²) in [6.45, 7) is 0.585. The minimum Gasteiger partial charge on any atom is -0.483 e. The van der Waals surface area contributed by atoms with Crippen molar-refractivity contribution in [1.29, 1.82) is 5.26 Å². The Morgan fingerprint density at radius 1 is 1.16 bits per heavy atom. The molecule has 166 valence electrons. The van der Waals surface area contributed by atoms with Gasteiger partial charge in [0.1, 0.15) is 6.04 Å². The van der Waals surface area contributed by atoms with Crippen LogP contribution in [0.3, 0.4) is 0 Å². The number of carbonyl (C=O) groups excluding carboxylic acids is 2. The van der Waals surface area contributed by atoms with Gasteiger partial charge in [-0.3, -0.25) is 23.7 Å². The normalized spacial score (nSPS) is 20.7. The molecule has 0 unspecified atom stereocenters. The van der Waals surface area contributed by atoms with Crippen molar-refractivity contribution in [3.63, 3.8) is 0 Å². The van der Waals surface area contributed by atoms with Crippen molar-refractivity contribution >= 4 is 18.3 Å². The number of carboxylic acid groups (broad SMARTS) is 1. The molecule has 9 heteroatoms. The monoisotopic (exact) mass is 436 g/mol. The van der Waals surface area contributed by atoms with Crippen LogP contribution in [0.4, 0.5) is 0 Å². The van der Waals surface area contributed by atoms with E-state index in [1.807, 2.05) is 6.07 Å². The number of hydrogen-bond donors (Lipinski definition) is 1. The number of likely N-dealkylation sites (tertiary alicyclic amines) is 1. The van der Waals surface area contributed by atoms with E-state index in [0.29, 0.717) is 24.2 Å². The molecule has 3 atom stereocenters. The molecule has 2 aromatic rings. The third kappa shape index (κ3) is 4.12. The molecule has 0 aliphatic carbocycles. The zero-order valence-corrected chi connectivity index (χ0v) is 17.8. The molecule has 0 saturated carbocycles. The molecule has 2 amide bonds. The molecular weight excluding hydrogens is 412 g/mol. The lowest BCUT2D eigenvalue weighted by atomic mass is 9.77. The first-order valence-electron chi connectivity index (χ1n) is 10.1. The number of amides is 2. The van der Waals surface area contributed by atoms with E-state index < -0.39 is 6.04 Å². The van der Waals surface area contributed by atoms with Crippen LogP contribution in [0.2, 0.25) is 0 Å². The van der Waals surface area contributed by atoms with E-state index in [0.717, 1.165) is 12.1 Å². The summed E-state index contributed by atoms with van der Waals surface area (Å²) >= 11 is 0. The first kappa shape index (κ1) is 22.7. The number of rotatable bonds is 2. The quantitative estimate of drug-likeness (QED) is 0.708. The van der Waals surface area contributed by atoms with Crippen LogP contribution in [0.25, 0.3) is 0 Å². The van der Waals surface area contributed by atoms with Crippen LogP contribution in [-0.2, 0) is 9.59 Å². The number of pyridine rings is 1. The Bertz CT molecular complexity index is 1130. The van der Waals surface area contributed by atoms with Gasteiger partial charge in [0.05, 0.1) is 17.2 Å². The topological polar surface area (TPSA) is 124 Å². The van der Waals surface area contributed by atoms with Crippen molar-refractivity contribution < 1.29 is 19.5 Å². The van der Waals surface area contributed by atoms with Gasteiger partial charge < -0.3 is 14.9 Å². The lowest BCUT2D eigenvalue weighted by Crippen LogP contribution is -2.54. The largest absolute Gasteiger partial charge is 0.483 e. The second-order valence-electron chi connectivity index (χ2n) is 8.00. The highest BCUT2D eigenvalue weighted by Gasteiger charge is 2.45. The van der Waals surface area contributed by atoms with E-state index in [2.05, 4.69) is 6.07 Å².